The summed E-state index contributed by atoms with van der Waals surface area (Å²) >= 11 is 3.00. The van der Waals surface area contributed by atoms with Crippen molar-refractivity contribution in [3.05, 3.63) is 0 Å². The van der Waals surface area contributed by atoms with Gasteiger partial charge in [0.25, 0.3) is 5.17 Å². The Morgan fingerprint density at radius 1 is 1.50 bits per heavy atom. The molecule has 0 saturated heterocycles. The van der Waals surface area contributed by atoms with Gasteiger partial charge in [-0.25, -0.2) is 0 Å². The molecule has 0 aliphatic heterocycles. The van der Waals surface area contributed by atoms with Crippen molar-refractivity contribution in [1.29, 1.82) is 0 Å². The van der Waals surface area contributed by atoms with Crippen molar-refractivity contribution in [2.24, 2.45) is 21.8 Å². The second kappa shape index (κ2) is 7.77. The van der Waals surface area contributed by atoms with E-state index >= 15 is 0 Å². The van der Waals surface area contributed by atoms with Crippen molar-refractivity contribution in [2.75, 3.05) is 14.1 Å². The van der Waals surface area contributed by atoms with E-state index in [1.165, 1.54) is 11.8 Å². The van der Waals surface area contributed by atoms with Crippen LogP contribution in [0.4, 0.5) is 0 Å². The van der Waals surface area contributed by atoms with E-state index in [0.717, 1.165) is 5.17 Å². The lowest BCUT2D eigenvalue weighted by Crippen LogP contribution is -2.83. The molecule has 0 spiro atoms. The van der Waals surface area contributed by atoms with Crippen LogP contribution in [0.5, 0.6) is 0 Å². The van der Waals surface area contributed by atoms with Crippen LogP contribution in [0.25, 0.3) is 0 Å². The Labute approximate surface area is 92.3 Å². The highest BCUT2D eigenvalue weighted by Crippen LogP contribution is 2.21. The van der Waals surface area contributed by atoms with Crippen molar-refractivity contribution < 1.29 is 5.32 Å². The zero-order chi connectivity index (χ0) is 11.0. The summed E-state index contributed by atoms with van der Waals surface area (Å²) < 4.78 is 0.227. The van der Waals surface area contributed by atoms with E-state index < -0.39 is 0 Å². The molecular weight excluding hydrogens is 220 g/mol. The maximum Gasteiger partial charge on any atom is 0.277 e. The molecule has 8 heteroatoms. The lowest BCUT2D eigenvalue weighted by molar-refractivity contribution is -0.500. The summed E-state index contributed by atoms with van der Waals surface area (Å²) in [5.41, 5.74) is 8.21. The van der Waals surface area contributed by atoms with Crippen LogP contribution >= 0.6 is 23.5 Å². The molecule has 0 heterocycles. The Kier molecular flexibility index (Phi) is 7.44. The standard InChI is InChI=1S/C6H16N6S2/c1-4(13-5(7)11-8)14-6(9-2)12-10-3/h4,10H,8H2,1-3H3,(H2,7,11)(H,9,12)/p+1. The monoisotopic (exact) mass is 237 g/mol. The van der Waals surface area contributed by atoms with Gasteiger partial charge in [-0.05, 0) is 18.7 Å². The molecule has 0 amide bonds. The summed E-state index contributed by atoms with van der Waals surface area (Å²) in [5.74, 6) is 5.02. The van der Waals surface area contributed by atoms with Gasteiger partial charge in [0.1, 0.15) is 0 Å². The average Bonchev–Trinajstić information content (AvgIpc) is 2.16. The Hall–Kier alpha value is -0.600. The average molecular weight is 237 g/mol. The third kappa shape index (κ3) is 5.95. The molecule has 0 fully saturated rings. The first kappa shape index (κ1) is 13.4. The smallest absolute Gasteiger partial charge is 0.277 e. The molecule has 0 radical (unpaired) electrons. The van der Waals surface area contributed by atoms with Crippen LogP contribution in [0.1, 0.15) is 6.92 Å². The fourth-order valence-electron chi connectivity index (χ4n) is 0.664. The first-order valence-electron chi connectivity index (χ1n) is 4.04. The molecule has 6 nitrogen and oxygen atoms in total. The maximum absolute atomic E-state index is 5.47. The number of hydrogen-bond donors (Lipinski definition) is 4. The van der Waals surface area contributed by atoms with Gasteiger partial charge in [0.05, 0.1) is 11.6 Å². The van der Waals surface area contributed by atoms with E-state index in [1.807, 2.05) is 19.3 Å². The number of rotatable bonds is 3. The van der Waals surface area contributed by atoms with Gasteiger partial charge in [-0.3, -0.25) is 5.32 Å². The van der Waals surface area contributed by atoms with Gasteiger partial charge in [0.15, 0.2) is 5.17 Å². The van der Waals surface area contributed by atoms with Crippen LogP contribution in [-0.2, 0) is 0 Å². The minimum atomic E-state index is 0.227. The topological polar surface area (TPSA) is 105 Å². The van der Waals surface area contributed by atoms with E-state index in [1.54, 1.807) is 18.8 Å². The lowest BCUT2D eigenvalue weighted by Gasteiger charge is -2.07. The van der Waals surface area contributed by atoms with Crippen molar-refractivity contribution in [2.45, 2.75) is 11.5 Å². The molecule has 0 aliphatic carbocycles. The first-order chi connectivity index (χ1) is 6.63. The van der Waals surface area contributed by atoms with Crippen molar-refractivity contribution in [3.63, 3.8) is 0 Å². The van der Waals surface area contributed by atoms with E-state index in [9.17, 15) is 0 Å². The number of nitrogens with one attached hydrogen (secondary N) is 1. The van der Waals surface area contributed by atoms with E-state index in [-0.39, 0.29) is 4.58 Å². The number of hydrazone groups is 2. The summed E-state index contributed by atoms with van der Waals surface area (Å²) in [6.45, 7) is 2.02. The van der Waals surface area contributed by atoms with Gasteiger partial charge in [0, 0.05) is 7.05 Å². The molecular formula is C6H17N6S2+. The van der Waals surface area contributed by atoms with Gasteiger partial charge in [-0.1, -0.05) is 11.8 Å². The Bertz CT molecular complexity index is 216. The highest BCUT2D eigenvalue weighted by atomic mass is 32.2. The number of quaternary nitrogens is 1. The molecule has 0 aliphatic rings. The van der Waals surface area contributed by atoms with Crippen LogP contribution in [0.3, 0.4) is 0 Å². The summed E-state index contributed by atoms with van der Waals surface area (Å²) in [6.07, 6.45) is 0. The molecule has 1 unspecified atom stereocenters. The second-order valence-corrected chi connectivity index (χ2v) is 5.25. The molecule has 0 rings (SSSR count). The number of thioether (sulfide) groups is 2. The lowest BCUT2D eigenvalue weighted by atomic mass is 11.0. The normalized spacial score (nSPS) is 15.4. The minimum Gasteiger partial charge on any atom is -0.377 e. The van der Waals surface area contributed by atoms with Gasteiger partial charge in [0.2, 0.25) is 0 Å². The predicted octanol–water partition coefficient (Wildman–Crippen LogP) is -1.33. The highest BCUT2D eigenvalue weighted by Gasteiger charge is 2.12. The van der Waals surface area contributed by atoms with E-state index in [4.69, 9.17) is 11.6 Å². The zero-order valence-corrected chi connectivity index (χ0v) is 10.2. The summed E-state index contributed by atoms with van der Waals surface area (Å²) in [5, 5.41) is 10.7. The van der Waals surface area contributed by atoms with Crippen molar-refractivity contribution in [3.8, 4) is 0 Å². The van der Waals surface area contributed by atoms with Gasteiger partial charge in [-0.2, -0.15) is 5.10 Å². The third-order valence-electron chi connectivity index (χ3n) is 1.17. The van der Waals surface area contributed by atoms with Crippen molar-refractivity contribution >= 4 is 33.9 Å². The van der Waals surface area contributed by atoms with Crippen LogP contribution in [0.15, 0.2) is 10.2 Å². The quantitative estimate of drug-likeness (QED) is 0.160. The number of hydrogen-bond acceptors (Lipinski definition) is 6. The van der Waals surface area contributed by atoms with Crippen LogP contribution < -0.4 is 22.3 Å². The van der Waals surface area contributed by atoms with Gasteiger partial charge in [-0.15, -0.1) is 5.10 Å². The summed E-state index contributed by atoms with van der Waals surface area (Å²) in [6, 6.07) is 0. The fourth-order valence-corrected chi connectivity index (χ4v) is 2.47. The summed E-state index contributed by atoms with van der Waals surface area (Å²) in [7, 11) is 3.69. The van der Waals surface area contributed by atoms with Crippen LogP contribution in [0, 0.1) is 0 Å². The molecule has 82 valence electrons. The maximum atomic E-state index is 5.47. The molecule has 1 atom stereocenters. The first-order valence-corrected chi connectivity index (χ1v) is 5.80. The predicted molar refractivity (Wildman–Crippen MR) is 64.8 cm³/mol. The Morgan fingerprint density at radius 2 is 2.14 bits per heavy atom. The summed E-state index contributed by atoms with van der Waals surface area (Å²) in [4.78, 5) is 0. The number of nitrogens with two attached hydrogens (primary N) is 3. The van der Waals surface area contributed by atoms with E-state index in [0.29, 0.717) is 5.17 Å². The SMILES string of the molecule is CNN=C([NH2+]C)SC(C)SC(N)=NN. The third-order valence-corrected chi connectivity index (χ3v) is 3.33. The second-order valence-electron chi connectivity index (χ2n) is 2.23. The largest absolute Gasteiger partial charge is 0.377 e. The molecule has 7 N–H and O–H groups in total. The Balaban J connectivity index is 4.03. The minimum absolute atomic E-state index is 0.227. The zero-order valence-electron chi connectivity index (χ0n) is 8.52. The van der Waals surface area contributed by atoms with E-state index in [2.05, 4.69) is 15.6 Å². The molecule has 0 aromatic rings. The molecule has 0 aromatic carbocycles. The number of nitrogens with zero attached hydrogens (tertiary/aromatic N) is 2. The van der Waals surface area contributed by atoms with Crippen LogP contribution in [-0.4, -0.2) is 29.0 Å². The highest BCUT2D eigenvalue weighted by molar-refractivity contribution is 8.29. The van der Waals surface area contributed by atoms with Gasteiger partial charge < -0.3 is 17.0 Å². The van der Waals surface area contributed by atoms with Crippen LogP contribution in [0.2, 0.25) is 0 Å². The molecule has 14 heavy (non-hydrogen) atoms. The molecule has 0 saturated carbocycles. The van der Waals surface area contributed by atoms with Crippen molar-refractivity contribution in [1.82, 2.24) is 5.43 Å². The number of amidine groups is 2. The fraction of sp³-hybridized carbons (Fsp3) is 0.667. The molecule has 0 bridgehead atoms. The Morgan fingerprint density at radius 3 is 2.57 bits per heavy atom. The molecule has 0 aromatic heterocycles. The van der Waals surface area contributed by atoms with Gasteiger partial charge >= 0.3 is 0 Å².